The Hall–Kier alpha value is -5.65. The van der Waals surface area contributed by atoms with E-state index >= 15 is 0 Å². The van der Waals surface area contributed by atoms with Crippen molar-refractivity contribution >= 4 is 40.1 Å². The van der Waals surface area contributed by atoms with Crippen LogP contribution in [0.5, 0.6) is 0 Å². The van der Waals surface area contributed by atoms with E-state index in [-0.39, 0.29) is 5.97 Å². The van der Waals surface area contributed by atoms with Gasteiger partial charge in [0.05, 0.1) is 13.2 Å². The highest BCUT2D eigenvalue weighted by Crippen LogP contribution is 2.38. The molecule has 0 saturated heterocycles. The number of rotatable bonds is 13. The number of esters is 1. The summed E-state index contributed by atoms with van der Waals surface area (Å²) < 4.78 is 10.5. The molecule has 0 aliphatic carbocycles. The lowest BCUT2D eigenvalue weighted by molar-refractivity contribution is -0.140. The van der Waals surface area contributed by atoms with E-state index in [0.29, 0.717) is 19.6 Å². The predicted molar refractivity (Wildman–Crippen MR) is 197 cm³/mol. The van der Waals surface area contributed by atoms with Crippen LogP contribution in [0.25, 0.3) is 11.1 Å². The summed E-state index contributed by atoms with van der Waals surface area (Å²) in [6.45, 7) is 2.49. The molecule has 0 radical (unpaired) electrons. The lowest BCUT2D eigenvalue weighted by Crippen LogP contribution is -2.10. The second kappa shape index (κ2) is 15.8. The maximum atomic E-state index is 11.3. The largest absolute Gasteiger partial charge is 0.466 e. The second-order valence-corrected chi connectivity index (χ2v) is 11.6. The third kappa shape index (κ3) is 8.00. The van der Waals surface area contributed by atoms with Gasteiger partial charge in [0, 0.05) is 54.6 Å². The first-order valence-corrected chi connectivity index (χ1v) is 16.3. The SMILES string of the molecule is COCCc1cccc(N(c2ccccc2)c2ccc(-c3ccc(N(c4ccccc4)c4cccc(CCOC(C)=O)c4)cc3)cc2)c1. The number of nitrogens with zero attached hydrogens (tertiary/aromatic N) is 2. The molecule has 6 rings (SSSR count). The first kappa shape index (κ1) is 32.3. The summed E-state index contributed by atoms with van der Waals surface area (Å²) in [7, 11) is 1.74. The summed E-state index contributed by atoms with van der Waals surface area (Å²) in [5.41, 5.74) is 11.1. The molecule has 0 unspecified atom stereocenters. The van der Waals surface area contributed by atoms with E-state index in [2.05, 4.69) is 155 Å². The highest BCUT2D eigenvalue weighted by molar-refractivity contribution is 5.81. The molecule has 0 N–H and O–H groups in total. The zero-order valence-corrected chi connectivity index (χ0v) is 27.5. The van der Waals surface area contributed by atoms with Gasteiger partial charge in [0.2, 0.25) is 0 Å². The third-order valence-electron chi connectivity index (χ3n) is 8.24. The van der Waals surface area contributed by atoms with Gasteiger partial charge in [-0.2, -0.15) is 0 Å². The molecule has 5 nitrogen and oxygen atoms in total. The van der Waals surface area contributed by atoms with Gasteiger partial charge in [-0.05, 0) is 101 Å². The monoisotopic (exact) mass is 632 g/mol. The number of ether oxygens (including phenoxy) is 2. The zero-order valence-electron chi connectivity index (χ0n) is 27.5. The Morgan fingerprint density at radius 3 is 1.29 bits per heavy atom. The molecule has 0 atom stereocenters. The second-order valence-electron chi connectivity index (χ2n) is 11.6. The number of benzene rings is 6. The third-order valence-corrected chi connectivity index (χ3v) is 8.24. The number of methoxy groups -OCH3 is 1. The number of para-hydroxylation sites is 2. The maximum Gasteiger partial charge on any atom is 0.302 e. The van der Waals surface area contributed by atoms with Gasteiger partial charge in [0.1, 0.15) is 0 Å². The summed E-state index contributed by atoms with van der Waals surface area (Å²) in [4.78, 5) is 15.8. The Morgan fingerprint density at radius 2 is 0.875 bits per heavy atom. The molecule has 0 bridgehead atoms. The lowest BCUT2D eigenvalue weighted by atomic mass is 10.0. The molecule has 0 aliphatic heterocycles. The fourth-order valence-corrected chi connectivity index (χ4v) is 5.89. The lowest BCUT2D eigenvalue weighted by Gasteiger charge is -2.26. The Balaban J connectivity index is 1.28. The van der Waals surface area contributed by atoms with Crippen LogP contribution < -0.4 is 9.80 Å². The maximum absolute atomic E-state index is 11.3. The van der Waals surface area contributed by atoms with Gasteiger partial charge in [-0.1, -0.05) is 84.9 Å². The Morgan fingerprint density at radius 1 is 0.479 bits per heavy atom. The standard InChI is InChI=1S/C43H40N2O3/c1-33(46)48-30-28-35-12-10-18-43(32-35)45(39-15-7-4-8-16-39)41-25-21-37(22-26-41)36-19-23-40(24-20-36)44(38-13-5-3-6-14-38)42-17-9-11-34(31-42)27-29-47-2/h3-26,31-32H,27-30H2,1-2H3. The van der Waals surface area contributed by atoms with Crippen molar-refractivity contribution in [3.8, 4) is 11.1 Å². The fraction of sp³-hybridized carbons (Fsp3) is 0.140. The summed E-state index contributed by atoms with van der Waals surface area (Å²) >= 11 is 0. The van der Waals surface area contributed by atoms with E-state index < -0.39 is 0 Å². The van der Waals surface area contributed by atoms with Gasteiger partial charge in [-0.3, -0.25) is 4.79 Å². The van der Waals surface area contributed by atoms with Crippen molar-refractivity contribution < 1.29 is 14.3 Å². The van der Waals surface area contributed by atoms with Crippen molar-refractivity contribution in [1.82, 2.24) is 0 Å². The van der Waals surface area contributed by atoms with Gasteiger partial charge >= 0.3 is 5.97 Å². The zero-order chi connectivity index (χ0) is 33.1. The minimum absolute atomic E-state index is 0.260. The van der Waals surface area contributed by atoms with Crippen molar-refractivity contribution in [3.63, 3.8) is 0 Å². The molecule has 0 fully saturated rings. The molecule has 48 heavy (non-hydrogen) atoms. The van der Waals surface area contributed by atoms with E-state index in [4.69, 9.17) is 9.47 Å². The molecule has 0 aromatic heterocycles. The quantitative estimate of drug-likeness (QED) is 0.119. The van der Waals surface area contributed by atoms with Crippen LogP contribution in [0.2, 0.25) is 0 Å². The van der Waals surface area contributed by atoms with Crippen molar-refractivity contribution in [2.75, 3.05) is 30.1 Å². The van der Waals surface area contributed by atoms with Crippen LogP contribution in [0.3, 0.4) is 0 Å². The van der Waals surface area contributed by atoms with Gasteiger partial charge in [-0.25, -0.2) is 0 Å². The van der Waals surface area contributed by atoms with Gasteiger partial charge in [0.25, 0.3) is 0 Å². The molecular formula is C43H40N2O3. The predicted octanol–water partition coefficient (Wildman–Crippen LogP) is 10.6. The molecule has 0 saturated carbocycles. The van der Waals surface area contributed by atoms with Crippen molar-refractivity contribution in [3.05, 3.63) is 169 Å². The molecule has 0 aliphatic rings. The van der Waals surface area contributed by atoms with Crippen LogP contribution in [-0.2, 0) is 27.1 Å². The molecule has 0 spiro atoms. The number of carbonyl (C=O) groups excluding carboxylic acids is 1. The highest BCUT2D eigenvalue weighted by atomic mass is 16.5. The molecule has 6 aromatic rings. The van der Waals surface area contributed by atoms with E-state index in [1.807, 2.05) is 12.1 Å². The van der Waals surface area contributed by atoms with Crippen LogP contribution in [-0.4, -0.2) is 26.3 Å². The van der Waals surface area contributed by atoms with Crippen LogP contribution in [0.15, 0.2) is 158 Å². The van der Waals surface area contributed by atoms with Gasteiger partial charge in [-0.15, -0.1) is 0 Å². The number of hydrogen-bond acceptors (Lipinski definition) is 5. The molecule has 0 amide bonds. The smallest absolute Gasteiger partial charge is 0.302 e. The molecular weight excluding hydrogens is 592 g/mol. The first-order valence-electron chi connectivity index (χ1n) is 16.3. The average molecular weight is 633 g/mol. The summed E-state index contributed by atoms with van der Waals surface area (Å²) in [6, 6.07) is 55.4. The van der Waals surface area contributed by atoms with E-state index in [9.17, 15) is 4.79 Å². The minimum atomic E-state index is -0.260. The number of anilines is 6. The summed E-state index contributed by atoms with van der Waals surface area (Å²) in [5, 5.41) is 0. The van der Waals surface area contributed by atoms with Crippen LogP contribution in [0, 0.1) is 0 Å². The van der Waals surface area contributed by atoms with E-state index in [0.717, 1.165) is 57.2 Å². The van der Waals surface area contributed by atoms with Gasteiger partial charge in [0.15, 0.2) is 0 Å². The molecule has 240 valence electrons. The Bertz CT molecular complexity index is 1910. The van der Waals surface area contributed by atoms with Crippen LogP contribution in [0.1, 0.15) is 18.1 Å². The Labute approximate surface area is 283 Å². The van der Waals surface area contributed by atoms with Crippen molar-refractivity contribution in [2.24, 2.45) is 0 Å². The van der Waals surface area contributed by atoms with Crippen LogP contribution in [0.4, 0.5) is 34.1 Å². The number of hydrogen-bond donors (Lipinski definition) is 0. The van der Waals surface area contributed by atoms with Crippen LogP contribution >= 0.6 is 0 Å². The van der Waals surface area contributed by atoms with Gasteiger partial charge < -0.3 is 19.3 Å². The minimum Gasteiger partial charge on any atom is -0.466 e. The Kier molecular flexibility index (Phi) is 10.6. The molecule has 5 heteroatoms. The fourth-order valence-electron chi connectivity index (χ4n) is 5.89. The van der Waals surface area contributed by atoms with Crippen molar-refractivity contribution in [2.45, 2.75) is 19.8 Å². The van der Waals surface area contributed by atoms with E-state index in [1.165, 1.54) is 12.5 Å². The first-order chi connectivity index (χ1) is 23.6. The summed E-state index contributed by atoms with van der Waals surface area (Å²) in [6.07, 6.45) is 1.52. The molecule has 0 heterocycles. The number of carbonyl (C=O) groups is 1. The topological polar surface area (TPSA) is 42.0 Å². The van der Waals surface area contributed by atoms with Crippen molar-refractivity contribution in [1.29, 1.82) is 0 Å². The summed E-state index contributed by atoms with van der Waals surface area (Å²) in [5.74, 6) is -0.260. The van der Waals surface area contributed by atoms with E-state index in [1.54, 1.807) is 7.11 Å². The highest BCUT2D eigenvalue weighted by Gasteiger charge is 2.15. The average Bonchev–Trinajstić information content (AvgIpc) is 3.13. The normalized spacial score (nSPS) is 10.8. The molecule has 6 aromatic carbocycles.